The molecular formula is C30H57NO3S. The molecular weight excluding hydrogens is 454 g/mol. The molecule has 0 fully saturated rings. The Labute approximate surface area is 218 Å². The standard InChI is InChI=1S/C30H54O3S.H3N/c1-3-5-7-9-11-13-15-17-19-21-23-28-25-26-30(34(31,32)33)29(27-28)24-22-20-18-16-14-12-10-8-6-4-2;/h25-27H,3-24H2,1-2H3,(H,31,32,33);1H3. The van der Waals surface area contributed by atoms with Crippen molar-refractivity contribution in [3.8, 4) is 0 Å². The van der Waals surface area contributed by atoms with Crippen molar-refractivity contribution < 1.29 is 13.0 Å². The third-order valence-electron chi connectivity index (χ3n) is 7.02. The highest BCUT2D eigenvalue weighted by Gasteiger charge is 2.15. The van der Waals surface area contributed by atoms with Gasteiger partial charge >= 0.3 is 0 Å². The van der Waals surface area contributed by atoms with Gasteiger partial charge in [0.2, 0.25) is 0 Å². The summed E-state index contributed by atoms with van der Waals surface area (Å²) in [7, 11) is -4.16. The van der Waals surface area contributed by atoms with Crippen LogP contribution in [0.3, 0.4) is 0 Å². The van der Waals surface area contributed by atoms with E-state index < -0.39 is 10.1 Å². The van der Waals surface area contributed by atoms with Crippen LogP contribution in [0.2, 0.25) is 0 Å². The lowest BCUT2D eigenvalue weighted by atomic mass is 9.99. The minimum atomic E-state index is -4.16. The zero-order valence-electron chi connectivity index (χ0n) is 23.2. The number of aryl methyl sites for hydroxylation is 2. The number of hydrogen-bond donors (Lipinski definition) is 2. The van der Waals surface area contributed by atoms with Crippen LogP contribution in [-0.2, 0) is 23.0 Å². The van der Waals surface area contributed by atoms with Gasteiger partial charge in [-0.1, -0.05) is 142 Å². The van der Waals surface area contributed by atoms with Crippen molar-refractivity contribution in [3.63, 3.8) is 0 Å². The van der Waals surface area contributed by atoms with Crippen molar-refractivity contribution in [2.45, 2.75) is 160 Å². The first-order chi connectivity index (χ1) is 16.5. The van der Waals surface area contributed by atoms with Gasteiger partial charge in [-0.25, -0.2) is 0 Å². The fourth-order valence-corrected chi connectivity index (χ4v) is 5.59. The highest BCUT2D eigenvalue weighted by atomic mass is 32.2. The summed E-state index contributed by atoms with van der Waals surface area (Å²) in [6.45, 7) is 4.51. The van der Waals surface area contributed by atoms with E-state index in [0.717, 1.165) is 37.7 Å². The number of unbranched alkanes of at least 4 members (excludes halogenated alkanes) is 18. The molecule has 0 amide bonds. The summed E-state index contributed by atoms with van der Waals surface area (Å²) in [5.41, 5.74) is 2.00. The van der Waals surface area contributed by atoms with Crippen molar-refractivity contribution in [2.75, 3.05) is 0 Å². The lowest BCUT2D eigenvalue weighted by molar-refractivity contribution is 0.481. The van der Waals surface area contributed by atoms with Crippen molar-refractivity contribution in [1.82, 2.24) is 6.15 Å². The molecule has 4 N–H and O–H groups in total. The molecule has 206 valence electrons. The van der Waals surface area contributed by atoms with E-state index in [4.69, 9.17) is 0 Å². The molecule has 0 bridgehead atoms. The molecule has 5 heteroatoms. The van der Waals surface area contributed by atoms with E-state index >= 15 is 0 Å². The van der Waals surface area contributed by atoms with Gasteiger partial charge in [0.15, 0.2) is 0 Å². The average molecular weight is 512 g/mol. The van der Waals surface area contributed by atoms with Crippen LogP contribution in [0.25, 0.3) is 0 Å². The van der Waals surface area contributed by atoms with Gasteiger partial charge in [0.25, 0.3) is 10.1 Å². The van der Waals surface area contributed by atoms with Crippen LogP contribution in [0.1, 0.15) is 153 Å². The molecule has 0 atom stereocenters. The zero-order chi connectivity index (χ0) is 24.9. The fourth-order valence-electron chi connectivity index (χ4n) is 4.85. The molecule has 0 aliphatic carbocycles. The molecule has 0 saturated heterocycles. The Morgan fingerprint density at radius 3 is 1.34 bits per heavy atom. The van der Waals surface area contributed by atoms with Gasteiger partial charge in [-0.2, -0.15) is 8.42 Å². The Balaban J connectivity index is 0.0000116. The summed E-state index contributed by atoms with van der Waals surface area (Å²) in [6, 6.07) is 5.54. The monoisotopic (exact) mass is 511 g/mol. The van der Waals surface area contributed by atoms with Crippen LogP contribution in [0.5, 0.6) is 0 Å². The van der Waals surface area contributed by atoms with E-state index in [2.05, 4.69) is 13.8 Å². The van der Waals surface area contributed by atoms with E-state index in [9.17, 15) is 13.0 Å². The third kappa shape index (κ3) is 18.1. The number of rotatable bonds is 23. The zero-order valence-corrected chi connectivity index (χ0v) is 24.0. The SMILES string of the molecule is CCCCCCCCCCCCc1ccc(S(=O)(=O)O)c(CCCCCCCCCCCC)c1.N. The molecule has 4 nitrogen and oxygen atoms in total. The smallest absolute Gasteiger partial charge is 0.294 e. The number of hydrogen-bond acceptors (Lipinski definition) is 3. The van der Waals surface area contributed by atoms with E-state index in [1.165, 1.54) is 115 Å². The molecule has 0 aliphatic heterocycles. The van der Waals surface area contributed by atoms with Crippen molar-refractivity contribution in [2.24, 2.45) is 0 Å². The maximum atomic E-state index is 11.8. The quantitative estimate of drug-likeness (QED) is 0.113. The Morgan fingerprint density at radius 1 is 0.571 bits per heavy atom. The van der Waals surface area contributed by atoms with E-state index in [-0.39, 0.29) is 11.0 Å². The minimum absolute atomic E-state index is 0. The molecule has 0 heterocycles. The van der Waals surface area contributed by atoms with Crippen LogP contribution >= 0.6 is 0 Å². The van der Waals surface area contributed by atoms with Crippen LogP contribution in [0, 0.1) is 0 Å². The molecule has 0 saturated carbocycles. The molecule has 0 aliphatic rings. The Morgan fingerprint density at radius 2 is 0.943 bits per heavy atom. The normalized spacial score (nSPS) is 11.5. The van der Waals surface area contributed by atoms with E-state index in [0.29, 0.717) is 0 Å². The Kier molecular flexibility index (Phi) is 21.7. The molecule has 0 radical (unpaired) electrons. The number of benzene rings is 1. The molecule has 1 rings (SSSR count). The summed E-state index contributed by atoms with van der Waals surface area (Å²) in [4.78, 5) is 0.107. The lowest BCUT2D eigenvalue weighted by Crippen LogP contribution is -2.04. The van der Waals surface area contributed by atoms with Crippen LogP contribution in [0.15, 0.2) is 23.1 Å². The maximum absolute atomic E-state index is 11.8. The highest BCUT2D eigenvalue weighted by Crippen LogP contribution is 2.22. The predicted molar refractivity (Wildman–Crippen MR) is 152 cm³/mol. The predicted octanol–water partition coefficient (Wildman–Crippen LogP) is 10.0. The van der Waals surface area contributed by atoms with Crippen LogP contribution in [0.4, 0.5) is 0 Å². The first-order valence-electron chi connectivity index (χ1n) is 14.6. The van der Waals surface area contributed by atoms with Crippen molar-refractivity contribution >= 4 is 10.1 Å². The summed E-state index contributed by atoms with van der Waals surface area (Å²) in [5.74, 6) is 0. The summed E-state index contributed by atoms with van der Waals surface area (Å²) < 4.78 is 33.4. The van der Waals surface area contributed by atoms with Crippen LogP contribution in [-0.4, -0.2) is 13.0 Å². The van der Waals surface area contributed by atoms with E-state index in [1.54, 1.807) is 6.07 Å². The van der Waals surface area contributed by atoms with Gasteiger partial charge in [-0.05, 0) is 42.9 Å². The Bertz CT molecular complexity index is 718. The first-order valence-corrected chi connectivity index (χ1v) is 16.0. The van der Waals surface area contributed by atoms with E-state index in [1.807, 2.05) is 12.1 Å². The van der Waals surface area contributed by atoms with Gasteiger partial charge in [-0.3, -0.25) is 4.55 Å². The second-order valence-electron chi connectivity index (χ2n) is 10.3. The summed E-state index contributed by atoms with van der Waals surface area (Å²) >= 11 is 0. The molecule has 0 unspecified atom stereocenters. The van der Waals surface area contributed by atoms with Crippen LogP contribution < -0.4 is 6.15 Å². The second-order valence-corrected chi connectivity index (χ2v) is 11.7. The molecule has 0 spiro atoms. The van der Waals surface area contributed by atoms with Gasteiger partial charge < -0.3 is 6.15 Å². The topological polar surface area (TPSA) is 89.4 Å². The second kappa shape index (κ2) is 22.3. The van der Waals surface area contributed by atoms with Gasteiger partial charge in [0, 0.05) is 0 Å². The average Bonchev–Trinajstić information content (AvgIpc) is 2.81. The van der Waals surface area contributed by atoms with Gasteiger partial charge in [0.1, 0.15) is 0 Å². The van der Waals surface area contributed by atoms with Crippen molar-refractivity contribution in [3.05, 3.63) is 29.3 Å². The fraction of sp³-hybridized carbons (Fsp3) is 0.800. The summed E-state index contributed by atoms with van der Waals surface area (Å²) in [6.07, 6.45) is 27.6. The molecule has 0 aromatic heterocycles. The molecule has 35 heavy (non-hydrogen) atoms. The van der Waals surface area contributed by atoms with Gasteiger partial charge in [0.05, 0.1) is 4.90 Å². The maximum Gasteiger partial charge on any atom is 0.294 e. The first kappa shape index (κ1) is 34.1. The van der Waals surface area contributed by atoms with Crippen molar-refractivity contribution in [1.29, 1.82) is 0 Å². The lowest BCUT2D eigenvalue weighted by Gasteiger charge is -2.10. The highest BCUT2D eigenvalue weighted by molar-refractivity contribution is 7.85. The third-order valence-corrected chi connectivity index (χ3v) is 7.98. The molecule has 1 aromatic rings. The van der Waals surface area contributed by atoms with Gasteiger partial charge in [-0.15, -0.1) is 0 Å². The summed E-state index contributed by atoms with van der Waals surface area (Å²) in [5, 5.41) is 0. The largest absolute Gasteiger partial charge is 0.344 e. The molecule has 1 aromatic carbocycles. The minimum Gasteiger partial charge on any atom is -0.344 e. The Hall–Kier alpha value is -0.910.